The third-order valence-electron chi connectivity index (χ3n) is 4.40. The van der Waals surface area contributed by atoms with Crippen LogP contribution in [0.2, 0.25) is 5.02 Å². The zero-order valence-electron chi connectivity index (χ0n) is 15.0. The number of rotatable bonds is 7. The van der Waals surface area contributed by atoms with E-state index in [1.807, 2.05) is 42.5 Å². The number of pyridine rings is 1. The third-order valence-corrected chi connectivity index (χ3v) is 4.65. The number of amides is 1. The van der Waals surface area contributed by atoms with Crippen molar-refractivity contribution in [2.24, 2.45) is 0 Å². The van der Waals surface area contributed by atoms with Crippen molar-refractivity contribution in [1.82, 2.24) is 10.3 Å². The molecule has 2 aromatic carbocycles. The van der Waals surface area contributed by atoms with E-state index in [1.165, 1.54) is 0 Å². The molecule has 2 N–H and O–H groups in total. The molecule has 27 heavy (non-hydrogen) atoms. The van der Waals surface area contributed by atoms with E-state index >= 15 is 0 Å². The number of carbonyl (C=O) groups is 1. The van der Waals surface area contributed by atoms with E-state index in [2.05, 4.69) is 10.3 Å². The fraction of sp³-hybridized carbons (Fsp3) is 0.238. The lowest BCUT2D eigenvalue weighted by Gasteiger charge is -2.07. The van der Waals surface area contributed by atoms with Crippen molar-refractivity contribution in [2.45, 2.75) is 19.3 Å². The van der Waals surface area contributed by atoms with Crippen molar-refractivity contribution in [2.75, 3.05) is 13.7 Å². The summed E-state index contributed by atoms with van der Waals surface area (Å²) in [6.07, 6.45) is 1.38. The first-order valence-electron chi connectivity index (χ1n) is 8.76. The van der Waals surface area contributed by atoms with Crippen molar-refractivity contribution < 1.29 is 9.53 Å². The maximum atomic E-state index is 12.2. The van der Waals surface area contributed by atoms with Crippen molar-refractivity contribution in [3.8, 4) is 5.75 Å². The molecule has 0 bridgehead atoms. The van der Waals surface area contributed by atoms with Gasteiger partial charge in [-0.3, -0.25) is 9.59 Å². The number of H-pyrrole nitrogens is 1. The zero-order chi connectivity index (χ0) is 19.2. The van der Waals surface area contributed by atoms with Crippen LogP contribution in [-0.4, -0.2) is 24.5 Å². The Morgan fingerprint density at radius 3 is 2.63 bits per heavy atom. The van der Waals surface area contributed by atoms with Crippen LogP contribution in [0.4, 0.5) is 0 Å². The van der Waals surface area contributed by atoms with Gasteiger partial charge in [-0.25, -0.2) is 0 Å². The lowest BCUT2D eigenvalue weighted by atomic mass is 10.1. The van der Waals surface area contributed by atoms with Gasteiger partial charge < -0.3 is 15.0 Å². The molecule has 0 spiro atoms. The number of aromatic amines is 1. The van der Waals surface area contributed by atoms with Gasteiger partial charge in [0.25, 0.3) is 5.56 Å². The minimum Gasteiger partial charge on any atom is -0.497 e. The van der Waals surface area contributed by atoms with E-state index in [1.54, 1.807) is 13.2 Å². The van der Waals surface area contributed by atoms with E-state index in [-0.39, 0.29) is 17.9 Å². The average molecular weight is 385 g/mol. The van der Waals surface area contributed by atoms with Gasteiger partial charge >= 0.3 is 0 Å². The molecule has 0 atom stereocenters. The molecule has 0 saturated carbocycles. The van der Waals surface area contributed by atoms with Gasteiger partial charge in [0, 0.05) is 34.5 Å². The summed E-state index contributed by atoms with van der Waals surface area (Å²) in [6.45, 7) is 0.547. The largest absolute Gasteiger partial charge is 0.497 e. The predicted molar refractivity (Wildman–Crippen MR) is 108 cm³/mol. The number of hydrogen-bond donors (Lipinski definition) is 2. The number of methoxy groups -OCH3 is 1. The van der Waals surface area contributed by atoms with Gasteiger partial charge in [0.15, 0.2) is 0 Å². The van der Waals surface area contributed by atoms with Crippen molar-refractivity contribution in [3.63, 3.8) is 0 Å². The van der Waals surface area contributed by atoms with Crippen LogP contribution in [0.25, 0.3) is 10.9 Å². The fourth-order valence-electron chi connectivity index (χ4n) is 2.88. The van der Waals surface area contributed by atoms with Crippen molar-refractivity contribution >= 4 is 28.4 Å². The Labute approximate surface area is 162 Å². The number of carbonyl (C=O) groups excluding carboxylic acids is 1. The van der Waals surface area contributed by atoms with Crippen LogP contribution in [0, 0.1) is 0 Å². The maximum Gasteiger partial charge on any atom is 0.251 e. The highest BCUT2D eigenvalue weighted by molar-refractivity contribution is 6.30. The second-order valence-electron chi connectivity index (χ2n) is 6.30. The van der Waals surface area contributed by atoms with Gasteiger partial charge in [-0.2, -0.15) is 0 Å². The number of fused-ring (bicyclic) bond motifs is 1. The second kappa shape index (κ2) is 8.73. The molecule has 0 saturated heterocycles. The van der Waals surface area contributed by atoms with Crippen LogP contribution in [0.3, 0.4) is 0 Å². The van der Waals surface area contributed by atoms with Gasteiger partial charge in [0.1, 0.15) is 5.75 Å². The molecule has 1 aromatic heterocycles. The fourth-order valence-corrected chi connectivity index (χ4v) is 3.00. The van der Waals surface area contributed by atoms with Gasteiger partial charge in [0.2, 0.25) is 5.91 Å². The van der Waals surface area contributed by atoms with Crippen LogP contribution in [0.15, 0.2) is 53.3 Å². The molecule has 5 nitrogen and oxygen atoms in total. The molecule has 1 amide bonds. The lowest BCUT2D eigenvalue weighted by molar-refractivity contribution is -0.121. The van der Waals surface area contributed by atoms with Gasteiger partial charge in [-0.1, -0.05) is 23.7 Å². The summed E-state index contributed by atoms with van der Waals surface area (Å²) in [7, 11) is 1.60. The average Bonchev–Trinajstić information content (AvgIpc) is 2.67. The van der Waals surface area contributed by atoms with E-state index in [0.29, 0.717) is 23.6 Å². The van der Waals surface area contributed by atoms with Crippen LogP contribution >= 0.6 is 11.6 Å². The van der Waals surface area contributed by atoms with E-state index in [4.69, 9.17) is 16.3 Å². The molecule has 0 aliphatic rings. The Kier molecular flexibility index (Phi) is 6.14. The molecule has 0 unspecified atom stereocenters. The summed E-state index contributed by atoms with van der Waals surface area (Å²) in [5.74, 6) is 0.648. The number of nitrogens with one attached hydrogen (secondary N) is 2. The summed E-state index contributed by atoms with van der Waals surface area (Å²) in [6, 6.07) is 14.8. The topological polar surface area (TPSA) is 71.2 Å². The Bertz CT molecular complexity index is 996. The molecule has 6 heteroatoms. The number of halogens is 1. The van der Waals surface area contributed by atoms with E-state index < -0.39 is 0 Å². The predicted octanol–water partition coefficient (Wildman–Crippen LogP) is 3.48. The van der Waals surface area contributed by atoms with Crippen LogP contribution in [-0.2, 0) is 17.6 Å². The van der Waals surface area contributed by atoms with E-state index in [9.17, 15) is 9.59 Å². The number of benzene rings is 2. The highest BCUT2D eigenvalue weighted by atomic mass is 35.5. The molecule has 0 aliphatic heterocycles. The van der Waals surface area contributed by atoms with E-state index in [0.717, 1.165) is 28.6 Å². The third kappa shape index (κ3) is 5.11. The summed E-state index contributed by atoms with van der Waals surface area (Å²) in [4.78, 5) is 27.1. The monoisotopic (exact) mass is 384 g/mol. The standard InChI is InChI=1S/C21H21ClN2O3/c1-27-18-7-8-19-16(13-18)12-15(21(26)24-19)4-9-20(25)23-11-10-14-2-5-17(22)6-3-14/h2-3,5-8,12-13H,4,9-11H2,1H3,(H,23,25)(H,24,26). The summed E-state index contributed by atoms with van der Waals surface area (Å²) < 4.78 is 5.21. The number of aryl methyl sites for hydroxylation is 1. The summed E-state index contributed by atoms with van der Waals surface area (Å²) in [5.41, 5.74) is 2.28. The molecule has 0 fully saturated rings. The Hall–Kier alpha value is -2.79. The number of ether oxygens (including phenoxy) is 1. The SMILES string of the molecule is COc1ccc2[nH]c(=O)c(CCC(=O)NCCc3ccc(Cl)cc3)cc2c1. The Morgan fingerprint density at radius 2 is 1.89 bits per heavy atom. The van der Waals surface area contributed by atoms with Gasteiger partial charge in [-0.05, 0) is 54.8 Å². The summed E-state index contributed by atoms with van der Waals surface area (Å²) in [5, 5.41) is 4.46. The molecule has 140 valence electrons. The Morgan fingerprint density at radius 1 is 1.11 bits per heavy atom. The minimum absolute atomic E-state index is 0.0749. The molecule has 1 heterocycles. The highest BCUT2D eigenvalue weighted by Crippen LogP contribution is 2.19. The van der Waals surface area contributed by atoms with Crippen LogP contribution in [0.5, 0.6) is 5.75 Å². The summed E-state index contributed by atoms with van der Waals surface area (Å²) >= 11 is 5.86. The van der Waals surface area contributed by atoms with Crippen LogP contribution in [0.1, 0.15) is 17.5 Å². The minimum atomic E-state index is -0.165. The highest BCUT2D eigenvalue weighted by Gasteiger charge is 2.07. The van der Waals surface area contributed by atoms with Crippen molar-refractivity contribution in [1.29, 1.82) is 0 Å². The molecule has 0 radical (unpaired) electrons. The Balaban J connectivity index is 1.55. The molecule has 0 aliphatic carbocycles. The van der Waals surface area contributed by atoms with Crippen molar-refractivity contribution in [3.05, 3.63) is 75.0 Å². The lowest BCUT2D eigenvalue weighted by Crippen LogP contribution is -2.26. The first kappa shape index (κ1) is 19.0. The van der Waals surface area contributed by atoms with Gasteiger partial charge in [-0.15, -0.1) is 0 Å². The first-order valence-corrected chi connectivity index (χ1v) is 9.14. The van der Waals surface area contributed by atoms with Gasteiger partial charge in [0.05, 0.1) is 7.11 Å². The zero-order valence-corrected chi connectivity index (χ0v) is 15.8. The smallest absolute Gasteiger partial charge is 0.251 e. The molecule has 3 aromatic rings. The quantitative estimate of drug-likeness (QED) is 0.655. The molecule has 3 rings (SSSR count). The molecular weight excluding hydrogens is 364 g/mol. The number of hydrogen-bond acceptors (Lipinski definition) is 3. The number of aromatic nitrogens is 1. The first-order chi connectivity index (χ1) is 13.0. The molecular formula is C21H21ClN2O3. The van der Waals surface area contributed by atoms with Crippen LogP contribution < -0.4 is 15.6 Å². The normalized spacial score (nSPS) is 10.7. The second-order valence-corrected chi connectivity index (χ2v) is 6.74. The maximum absolute atomic E-state index is 12.2.